The standard InChI is InChI=1S/C13H16ClNO/c1-9-6-10(8-15-13(16)7-14)2-5-12(9)11-3-4-11/h2,5-6,11H,3-4,7-8H2,1H3,(H,15,16). The quantitative estimate of drug-likeness (QED) is 0.802. The number of nitrogens with one attached hydrogen (secondary N) is 1. The van der Waals surface area contributed by atoms with Crippen molar-refractivity contribution in [1.82, 2.24) is 5.32 Å². The van der Waals surface area contributed by atoms with E-state index in [-0.39, 0.29) is 11.8 Å². The van der Waals surface area contributed by atoms with Crippen LogP contribution in [0.3, 0.4) is 0 Å². The van der Waals surface area contributed by atoms with Crippen molar-refractivity contribution >= 4 is 17.5 Å². The molecular weight excluding hydrogens is 222 g/mol. The van der Waals surface area contributed by atoms with Gasteiger partial charge in [-0.25, -0.2) is 0 Å². The lowest BCUT2D eigenvalue weighted by molar-refractivity contribution is -0.118. The van der Waals surface area contributed by atoms with Crippen LogP contribution in [-0.2, 0) is 11.3 Å². The van der Waals surface area contributed by atoms with Crippen LogP contribution < -0.4 is 5.32 Å². The van der Waals surface area contributed by atoms with Crippen molar-refractivity contribution < 1.29 is 4.79 Å². The summed E-state index contributed by atoms with van der Waals surface area (Å²) in [5.74, 6) is 0.691. The van der Waals surface area contributed by atoms with E-state index in [4.69, 9.17) is 11.6 Å². The van der Waals surface area contributed by atoms with Crippen molar-refractivity contribution in [1.29, 1.82) is 0 Å². The Kier molecular flexibility index (Phi) is 3.49. The summed E-state index contributed by atoms with van der Waals surface area (Å²) in [4.78, 5) is 11.0. The number of amides is 1. The first kappa shape index (κ1) is 11.5. The van der Waals surface area contributed by atoms with Gasteiger partial charge < -0.3 is 5.32 Å². The fourth-order valence-corrected chi connectivity index (χ4v) is 2.04. The molecule has 1 amide bonds. The second kappa shape index (κ2) is 4.88. The second-order valence-corrected chi connectivity index (χ2v) is 4.64. The Morgan fingerprint density at radius 1 is 1.50 bits per heavy atom. The molecule has 86 valence electrons. The molecule has 2 nitrogen and oxygen atoms in total. The maximum absolute atomic E-state index is 11.0. The molecule has 3 heteroatoms. The number of hydrogen-bond acceptors (Lipinski definition) is 1. The summed E-state index contributed by atoms with van der Waals surface area (Å²) in [7, 11) is 0. The predicted octanol–water partition coefficient (Wildman–Crippen LogP) is 2.73. The summed E-state index contributed by atoms with van der Waals surface area (Å²) >= 11 is 5.41. The molecule has 0 aromatic heterocycles. The molecule has 0 atom stereocenters. The Hall–Kier alpha value is -1.02. The minimum atomic E-state index is -0.120. The van der Waals surface area contributed by atoms with Gasteiger partial charge in [0.05, 0.1) is 0 Å². The van der Waals surface area contributed by atoms with E-state index in [1.807, 2.05) is 0 Å². The molecule has 1 saturated carbocycles. The van der Waals surface area contributed by atoms with Gasteiger partial charge in [0.2, 0.25) is 5.91 Å². The molecule has 16 heavy (non-hydrogen) atoms. The number of benzene rings is 1. The fraction of sp³-hybridized carbons (Fsp3) is 0.462. The Bertz CT molecular complexity index is 399. The van der Waals surface area contributed by atoms with E-state index in [2.05, 4.69) is 30.4 Å². The average Bonchev–Trinajstić information content (AvgIpc) is 3.10. The summed E-state index contributed by atoms with van der Waals surface area (Å²) in [6.45, 7) is 2.71. The lowest BCUT2D eigenvalue weighted by atomic mass is 10.0. The Balaban J connectivity index is 2.00. The largest absolute Gasteiger partial charge is 0.351 e. The first-order chi connectivity index (χ1) is 7.70. The van der Waals surface area contributed by atoms with Crippen LogP contribution >= 0.6 is 11.6 Å². The highest BCUT2D eigenvalue weighted by Gasteiger charge is 2.24. The zero-order chi connectivity index (χ0) is 11.5. The number of rotatable bonds is 4. The van der Waals surface area contributed by atoms with Gasteiger partial charge in [0, 0.05) is 6.54 Å². The van der Waals surface area contributed by atoms with E-state index in [0.29, 0.717) is 6.54 Å². The van der Waals surface area contributed by atoms with Gasteiger partial charge in [-0.05, 0) is 42.4 Å². The topological polar surface area (TPSA) is 29.1 Å². The lowest BCUT2D eigenvalue weighted by Gasteiger charge is -2.08. The number of carbonyl (C=O) groups excluding carboxylic acids is 1. The minimum Gasteiger partial charge on any atom is -0.351 e. The van der Waals surface area contributed by atoms with Gasteiger partial charge >= 0.3 is 0 Å². The molecular formula is C13H16ClNO. The normalized spacial score (nSPS) is 14.9. The molecule has 1 aromatic carbocycles. The molecule has 2 rings (SSSR count). The highest BCUT2D eigenvalue weighted by molar-refractivity contribution is 6.27. The van der Waals surface area contributed by atoms with Gasteiger partial charge in [-0.3, -0.25) is 4.79 Å². The summed E-state index contributed by atoms with van der Waals surface area (Å²) < 4.78 is 0. The van der Waals surface area contributed by atoms with Crippen LogP contribution in [0.15, 0.2) is 18.2 Å². The first-order valence-corrected chi connectivity index (χ1v) is 6.16. The molecule has 0 spiro atoms. The van der Waals surface area contributed by atoms with Gasteiger partial charge in [0.25, 0.3) is 0 Å². The number of halogens is 1. The third-order valence-electron chi connectivity index (χ3n) is 2.96. The van der Waals surface area contributed by atoms with Crippen LogP contribution in [-0.4, -0.2) is 11.8 Å². The predicted molar refractivity (Wildman–Crippen MR) is 65.7 cm³/mol. The molecule has 0 saturated heterocycles. The minimum absolute atomic E-state index is 0.0269. The average molecular weight is 238 g/mol. The van der Waals surface area contributed by atoms with Gasteiger partial charge in [-0.15, -0.1) is 11.6 Å². The molecule has 0 heterocycles. The monoisotopic (exact) mass is 237 g/mol. The van der Waals surface area contributed by atoms with E-state index in [1.54, 1.807) is 0 Å². The molecule has 0 bridgehead atoms. The second-order valence-electron chi connectivity index (χ2n) is 4.38. The summed E-state index contributed by atoms with van der Waals surface area (Å²) in [5.41, 5.74) is 3.94. The van der Waals surface area contributed by atoms with E-state index in [0.717, 1.165) is 11.5 Å². The Labute approximate surface area is 101 Å². The summed E-state index contributed by atoms with van der Waals surface area (Å²) in [6.07, 6.45) is 2.65. The molecule has 1 aliphatic rings. The number of alkyl halides is 1. The highest BCUT2D eigenvalue weighted by Crippen LogP contribution is 2.41. The van der Waals surface area contributed by atoms with Gasteiger partial charge in [-0.1, -0.05) is 18.2 Å². The van der Waals surface area contributed by atoms with E-state index in [9.17, 15) is 4.79 Å². The van der Waals surface area contributed by atoms with E-state index in [1.165, 1.54) is 24.0 Å². The number of aryl methyl sites for hydroxylation is 1. The smallest absolute Gasteiger partial charge is 0.235 e. The zero-order valence-corrected chi connectivity index (χ0v) is 10.2. The first-order valence-electron chi connectivity index (χ1n) is 5.63. The van der Waals surface area contributed by atoms with Gasteiger partial charge in [0.15, 0.2) is 0 Å². The molecule has 1 N–H and O–H groups in total. The van der Waals surface area contributed by atoms with Crippen molar-refractivity contribution in [3.05, 3.63) is 34.9 Å². The van der Waals surface area contributed by atoms with Crippen molar-refractivity contribution in [2.75, 3.05) is 5.88 Å². The van der Waals surface area contributed by atoms with Crippen LogP contribution in [0.4, 0.5) is 0 Å². The van der Waals surface area contributed by atoms with Gasteiger partial charge in [-0.2, -0.15) is 0 Å². The third-order valence-corrected chi connectivity index (χ3v) is 3.21. The van der Waals surface area contributed by atoms with Crippen molar-refractivity contribution in [3.8, 4) is 0 Å². The summed E-state index contributed by atoms with van der Waals surface area (Å²) in [5, 5.41) is 2.77. The number of carbonyl (C=O) groups is 1. The Morgan fingerprint density at radius 2 is 2.25 bits per heavy atom. The summed E-state index contributed by atoms with van der Waals surface area (Å²) in [6, 6.07) is 6.44. The molecule has 1 fully saturated rings. The molecule has 1 aromatic rings. The van der Waals surface area contributed by atoms with Crippen LogP contribution in [0.5, 0.6) is 0 Å². The van der Waals surface area contributed by atoms with Crippen molar-refractivity contribution in [2.45, 2.75) is 32.2 Å². The maximum atomic E-state index is 11.0. The van der Waals surface area contributed by atoms with Crippen LogP contribution in [0.1, 0.15) is 35.4 Å². The van der Waals surface area contributed by atoms with Crippen LogP contribution in [0, 0.1) is 6.92 Å². The lowest BCUT2D eigenvalue weighted by Crippen LogP contribution is -2.23. The van der Waals surface area contributed by atoms with E-state index >= 15 is 0 Å². The highest BCUT2D eigenvalue weighted by atomic mass is 35.5. The maximum Gasteiger partial charge on any atom is 0.235 e. The van der Waals surface area contributed by atoms with Crippen LogP contribution in [0.25, 0.3) is 0 Å². The molecule has 0 unspecified atom stereocenters. The zero-order valence-electron chi connectivity index (χ0n) is 9.42. The van der Waals surface area contributed by atoms with Crippen LogP contribution in [0.2, 0.25) is 0 Å². The van der Waals surface area contributed by atoms with E-state index < -0.39 is 0 Å². The third kappa shape index (κ3) is 2.76. The molecule has 0 radical (unpaired) electrons. The molecule has 1 aliphatic carbocycles. The molecule has 0 aliphatic heterocycles. The van der Waals surface area contributed by atoms with Crippen molar-refractivity contribution in [2.24, 2.45) is 0 Å². The van der Waals surface area contributed by atoms with Gasteiger partial charge in [0.1, 0.15) is 5.88 Å². The number of hydrogen-bond donors (Lipinski definition) is 1. The van der Waals surface area contributed by atoms with Crippen molar-refractivity contribution in [3.63, 3.8) is 0 Å². The SMILES string of the molecule is Cc1cc(CNC(=O)CCl)ccc1C1CC1. The fourth-order valence-electron chi connectivity index (χ4n) is 1.95. The Morgan fingerprint density at radius 3 is 2.81 bits per heavy atom.